The molecule has 2 aromatic carbocycles. The Hall–Kier alpha value is -3.09. The highest BCUT2D eigenvalue weighted by Gasteiger charge is 2.47. The van der Waals surface area contributed by atoms with E-state index < -0.39 is 71.8 Å². The van der Waals surface area contributed by atoms with Gasteiger partial charge >= 0.3 is 0 Å². The summed E-state index contributed by atoms with van der Waals surface area (Å²) in [6.07, 6.45) is -9.14. The summed E-state index contributed by atoms with van der Waals surface area (Å²) in [5.74, 6) is -2.85. The zero-order valence-electron chi connectivity index (χ0n) is 16.5. The van der Waals surface area contributed by atoms with Crippen molar-refractivity contribution < 1.29 is 55.1 Å². The summed E-state index contributed by atoms with van der Waals surface area (Å²) in [4.78, 5) is 12.8. The SMILES string of the molecule is O=C1CC(c2ccc(O)c(O)c2)Oc2cc(O)c([C@@H]3OC(CO)[C@@H](O)[C@H](O)[C@H]3O)c(O)c21. The first-order valence-corrected chi connectivity index (χ1v) is 9.75. The standard InChI is InChI=1S/C21H22O11/c22-6-14-17(27)19(29)20(30)21(32-14)16-11(26)5-13-15(18(16)28)10(25)4-12(31-13)7-1-2-8(23)9(24)3-7/h1-3,5,12,14,17,19-24,26-30H,4,6H2/t12?,14?,17-,19+,20-,21+/m1/s1. The lowest BCUT2D eigenvalue weighted by atomic mass is 9.87. The Balaban J connectivity index is 1.72. The summed E-state index contributed by atoms with van der Waals surface area (Å²) in [6, 6.07) is 4.93. The molecule has 0 saturated carbocycles. The van der Waals surface area contributed by atoms with E-state index in [1.807, 2.05) is 0 Å². The van der Waals surface area contributed by atoms with E-state index in [0.29, 0.717) is 5.56 Å². The van der Waals surface area contributed by atoms with Crippen LogP contribution < -0.4 is 4.74 Å². The highest BCUT2D eigenvalue weighted by atomic mass is 16.5. The molecule has 1 saturated heterocycles. The highest BCUT2D eigenvalue weighted by Crippen LogP contribution is 2.49. The molecule has 1 fully saturated rings. The first kappa shape index (κ1) is 22.1. The minimum Gasteiger partial charge on any atom is -0.507 e. The van der Waals surface area contributed by atoms with Crippen LogP contribution in [0, 0.1) is 0 Å². The number of carbonyl (C=O) groups excluding carboxylic acids is 1. The van der Waals surface area contributed by atoms with Crippen molar-refractivity contribution in [2.24, 2.45) is 0 Å². The van der Waals surface area contributed by atoms with Gasteiger partial charge in [-0.2, -0.15) is 0 Å². The first-order chi connectivity index (χ1) is 15.1. The van der Waals surface area contributed by atoms with Crippen LogP contribution in [0.2, 0.25) is 0 Å². The normalized spacial score (nSPS) is 29.9. The fourth-order valence-electron chi connectivity index (χ4n) is 4.02. The van der Waals surface area contributed by atoms with Crippen LogP contribution in [-0.2, 0) is 4.74 Å². The number of hydrogen-bond acceptors (Lipinski definition) is 11. The molecule has 6 atom stereocenters. The van der Waals surface area contributed by atoms with Gasteiger partial charge in [0.2, 0.25) is 0 Å². The molecule has 2 aliphatic rings. The maximum Gasteiger partial charge on any atom is 0.174 e. The van der Waals surface area contributed by atoms with Crippen molar-refractivity contribution >= 4 is 5.78 Å². The Morgan fingerprint density at radius 2 is 1.62 bits per heavy atom. The minimum absolute atomic E-state index is 0.165. The molecular formula is C21H22O11. The topological polar surface area (TPSA) is 197 Å². The lowest BCUT2D eigenvalue weighted by Gasteiger charge is -2.40. The molecule has 2 heterocycles. The van der Waals surface area contributed by atoms with Gasteiger partial charge in [0.05, 0.1) is 18.6 Å². The van der Waals surface area contributed by atoms with Crippen molar-refractivity contribution in [3.8, 4) is 28.7 Å². The van der Waals surface area contributed by atoms with Crippen LogP contribution in [0.4, 0.5) is 0 Å². The number of fused-ring (bicyclic) bond motifs is 1. The van der Waals surface area contributed by atoms with Crippen LogP contribution in [0.5, 0.6) is 28.7 Å². The molecule has 0 amide bonds. The van der Waals surface area contributed by atoms with Crippen molar-refractivity contribution in [1.29, 1.82) is 0 Å². The van der Waals surface area contributed by atoms with Gasteiger partial charge in [0.1, 0.15) is 59.4 Å². The second-order valence-electron chi connectivity index (χ2n) is 7.76. The second kappa shape index (κ2) is 8.11. The predicted octanol–water partition coefficient (Wildman–Crippen LogP) is -0.270. The van der Waals surface area contributed by atoms with E-state index in [0.717, 1.165) is 6.07 Å². The number of phenolic OH excluding ortho intramolecular Hbond substituents is 4. The predicted molar refractivity (Wildman–Crippen MR) is 105 cm³/mol. The van der Waals surface area contributed by atoms with Crippen LogP contribution in [0.25, 0.3) is 0 Å². The van der Waals surface area contributed by atoms with Crippen LogP contribution in [0.1, 0.15) is 40.1 Å². The van der Waals surface area contributed by atoms with E-state index in [2.05, 4.69) is 0 Å². The summed E-state index contributed by atoms with van der Waals surface area (Å²) >= 11 is 0. The third-order valence-electron chi connectivity index (χ3n) is 5.75. The van der Waals surface area contributed by atoms with E-state index in [1.54, 1.807) is 0 Å². The van der Waals surface area contributed by atoms with E-state index in [-0.39, 0.29) is 23.5 Å². The Morgan fingerprint density at radius 1 is 0.906 bits per heavy atom. The molecular weight excluding hydrogens is 428 g/mol. The van der Waals surface area contributed by atoms with Gasteiger partial charge in [-0.25, -0.2) is 0 Å². The number of hydrogen-bond donors (Lipinski definition) is 8. The van der Waals surface area contributed by atoms with Gasteiger partial charge < -0.3 is 50.3 Å². The number of carbonyl (C=O) groups is 1. The summed E-state index contributed by atoms with van der Waals surface area (Å²) < 4.78 is 11.1. The first-order valence-electron chi connectivity index (χ1n) is 9.75. The molecule has 0 spiro atoms. The Morgan fingerprint density at radius 3 is 2.28 bits per heavy atom. The minimum atomic E-state index is -1.78. The molecule has 2 unspecified atom stereocenters. The molecule has 0 aromatic heterocycles. The van der Waals surface area contributed by atoms with Crippen LogP contribution >= 0.6 is 0 Å². The Bertz CT molecular complexity index is 1050. The van der Waals surface area contributed by atoms with E-state index in [1.165, 1.54) is 18.2 Å². The smallest absolute Gasteiger partial charge is 0.174 e. The summed E-state index contributed by atoms with van der Waals surface area (Å²) in [5.41, 5.74) is -0.316. The van der Waals surface area contributed by atoms with Gasteiger partial charge in [-0.1, -0.05) is 6.07 Å². The van der Waals surface area contributed by atoms with Gasteiger partial charge in [0.15, 0.2) is 17.3 Å². The van der Waals surface area contributed by atoms with Crippen molar-refractivity contribution in [3.63, 3.8) is 0 Å². The van der Waals surface area contributed by atoms with Gasteiger partial charge in [-0.15, -0.1) is 0 Å². The number of aromatic hydroxyl groups is 4. The molecule has 0 aliphatic carbocycles. The number of benzene rings is 2. The van der Waals surface area contributed by atoms with Crippen LogP contribution in [0.3, 0.4) is 0 Å². The van der Waals surface area contributed by atoms with Gasteiger partial charge in [0.25, 0.3) is 0 Å². The monoisotopic (exact) mass is 450 g/mol. The quantitative estimate of drug-likeness (QED) is 0.287. The average molecular weight is 450 g/mol. The largest absolute Gasteiger partial charge is 0.507 e. The number of phenols is 4. The Labute approximate surface area is 181 Å². The lowest BCUT2D eigenvalue weighted by molar-refractivity contribution is -0.232. The number of aliphatic hydroxyl groups is 4. The van der Waals surface area contributed by atoms with Gasteiger partial charge in [-0.05, 0) is 17.7 Å². The van der Waals surface area contributed by atoms with Gasteiger partial charge in [-0.3, -0.25) is 4.79 Å². The number of aliphatic hydroxyl groups excluding tert-OH is 4. The van der Waals surface area contributed by atoms with E-state index >= 15 is 0 Å². The summed E-state index contributed by atoms with van der Waals surface area (Å²) in [6.45, 7) is -0.711. The molecule has 11 heteroatoms. The second-order valence-corrected chi connectivity index (χ2v) is 7.76. The molecule has 172 valence electrons. The van der Waals surface area contributed by atoms with Crippen molar-refractivity contribution in [2.75, 3.05) is 6.61 Å². The molecule has 0 radical (unpaired) electrons. The molecule has 2 aliphatic heterocycles. The molecule has 32 heavy (non-hydrogen) atoms. The third kappa shape index (κ3) is 3.49. The van der Waals surface area contributed by atoms with Crippen molar-refractivity contribution in [1.82, 2.24) is 0 Å². The number of Topliss-reactive ketones (excluding diaryl/α,β-unsaturated/α-hetero) is 1. The zero-order chi connectivity index (χ0) is 23.3. The highest BCUT2D eigenvalue weighted by molar-refractivity contribution is 6.03. The zero-order valence-corrected chi connectivity index (χ0v) is 16.5. The third-order valence-corrected chi connectivity index (χ3v) is 5.75. The maximum absolute atomic E-state index is 12.8. The van der Waals surface area contributed by atoms with E-state index in [4.69, 9.17) is 9.47 Å². The van der Waals surface area contributed by atoms with Crippen molar-refractivity contribution in [3.05, 3.63) is 41.0 Å². The van der Waals surface area contributed by atoms with Crippen molar-refractivity contribution in [2.45, 2.75) is 43.0 Å². The number of ketones is 1. The van der Waals surface area contributed by atoms with Crippen LogP contribution in [0.15, 0.2) is 24.3 Å². The maximum atomic E-state index is 12.8. The summed E-state index contributed by atoms with van der Waals surface area (Å²) in [5, 5.41) is 80.1. The summed E-state index contributed by atoms with van der Waals surface area (Å²) in [7, 11) is 0. The fourth-order valence-corrected chi connectivity index (χ4v) is 4.02. The molecule has 11 nitrogen and oxygen atoms in total. The Kier molecular flexibility index (Phi) is 5.61. The average Bonchev–Trinajstić information content (AvgIpc) is 2.74. The molecule has 2 aromatic rings. The lowest BCUT2D eigenvalue weighted by Crippen LogP contribution is -2.55. The van der Waals surface area contributed by atoms with E-state index in [9.17, 15) is 45.6 Å². The van der Waals surface area contributed by atoms with Crippen LogP contribution in [-0.4, -0.2) is 77.7 Å². The number of ether oxygens (including phenoxy) is 2. The number of rotatable bonds is 3. The fraction of sp³-hybridized carbons (Fsp3) is 0.381. The van der Waals surface area contributed by atoms with Gasteiger partial charge in [0, 0.05) is 6.07 Å². The molecule has 0 bridgehead atoms. The molecule has 4 rings (SSSR count). The molecule has 8 N–H and O–H groups in total.